The van der Waals surface area contributed by atoms with Crippen molar-refractivity contribution in [3.63, 3.8) is 0 Å². The Labute approximate surface area is 94.5 Å². The van der Waals surface area contributed by atoms with Gasteiger partial charge in [-0.1, -0.05) is 19.9 Å². The van der Waals surface area contributed by atoms with Crippen LogP contribution in [0.15, 0.2) is 12.7 Å². The Morgan fingerprint density at radius 1 is 1.50 bits per heavy atom. The van der Waals surface area contributed by atoms with E-state index in [1.165, 1.54) is 4.90 Å². The van der Waals surface area contributed by atoms with E-state index in [-0.39, 0.29) is 31.1 Å². The fraction of sp³-hybridized carbons (Fsp3) is 0.727. The van der Waals surface area contributed by atoms with Crippen LogP contribution in [-0.2, 0) is 0 Å². The normalized spacial score (nSPS) is 18.5. The van der Waals surface area contributed by atoms with Crippen molar-refractivity contribution < 1.29 is 13.6 Å². The van der Waals surface area contributed by atoms with Gasteiger partial charge in [-0.15, -0.1) is 6.58 Å². The molecular formula is C11H18F2N2O. The SMILES string of the molecule is C=C[C@@H](NC(=O)N1CC(C(F)F)C1)C(C)C. The predicted molar refractivity (Wildman–Crippen MR) is 58.4 cm³/mol. The van der Waals surface area contributed by atoms with Crippen LogP contribution in [0.1, 0.15) is 13.8 Å². The topological polar surface area (TPSA) is 32.3 Å². The highest BCUT2D eigenvalue weighted by atomic mass is 19.3. The fourth-order valence-corrected chi connectivity index (χ4v) is 1.57. The highest BCUT2D eigenvalue weighted by Crippen LogP contribution is 2.22. The van der Waals surface area contributed by atoms with Crippen molar-refractivity contribution in [2.45, 2.75) is 26.3 Å². The number of hydrogen-bond acceptors (Lipinski definition) is 1. The molecule has 2 amide bonds. The van der Waals surface area contributed by atoms with E-state index in [1.54, 1.807) is 6.08 Å². The molecule has 1 rings (SSSR count). The molecule has 3 nitrogen and oxygen atoms in total. The maximum atomic E-state index is 12.2. The molecule has 16 heavy (non-hydrogen) atoms. The molecule has 0 aliphatic carbocycles. The van der Waals surface area contributed by atoms with Gasteiger partial charge in [0, 0.05) is 13.1 Å². The summed E-state index contributed by atoms with van der Waals surface area (Å²) in [5.74, 6) is -0.416. The summed E-state index contributed by atoms with van der Waals surface area (Å²) in [5.41, 5.74) is 0. The van der Waals surface area contributed by atoms with Crippen molar-refractivity contribution >= 4 is 6.03 Å². The number of halogens is 2. The summed E-state index contributed by atoms with van der Waals surface area (Å²) in [6, 6.07) is -0.395. The first kappa shape index (κ1) is 12.9. The highest BCUT2D eigenvalue weighted by molar-refractivity contribution is 5.75. The minimum atomic E-state index is -2.33. The third kappa shape index (κ3) is 2.93. The van der Waals surface area contributed by atoms with Gasteiger partial charge in [-0.3, -0.25) is 0 Å². The highest BCUT2D eigenvalue weighted by Gasteiger charge is 2.37. The number of carbonyl (C=O) groups excluding carboxylic acids is 1. The summed E-state index contributed by atoms with van der Waals surface area (Å²) in [4.78, 5) is 13.0. The number of urea groups is 1. The minimum Gasteiger partial charge on any atom is -0.332 e. The van der Waals surface area contributed by atoms with Crippen molar-refractivity contribution in [2.75, 3.05) is 13.1 Å². The lowest BCUT2D eigenvalue weighted by atomic mass is 10.0. The maximum absolute atomic E-state index is 12.2. The van der Waals surface area contributed by atoms with Crippen LogP contribution in [0.2, 0.25) is 0 Å². The molecule has 0 spiro atoms. The van der Waals surface area contributed by atoms with Gasteiger partial charge in [0.15, 0.2) is 0 Å². The molecule has 0 unspecified atom stereocenters. The Morgan fingerprint density at radius 2 is 2.06 bits per heavy atom. The molecule has 1 atom stereocenters. The van der Waals surface area contributed by atoms with Crippen LogP contribution in [0.4, 0.5) is 13.6 Å². The van der Waals surface area contributed by atoms with Crippen LogP contribution in [-0.4, -0.2) is 36.5 Å². The molecule has 1 fully saturated rings. The molecule has 0 bridgehead atoms. The number of amides is 2. The monoisotopic (exact) mass is 232 g/mol. The van der Waals surface area contributed by atoms with Crippen LogP contribution in [0.25, 0.3) is 0 Å². The second kappa shape index (κ2) is 5.27. The molecule has 0 saturated carbocycles. The smallest absolute Gasteiger partial charge is 0.317 e. The number of hydrogen-bond donors (Lipinski definition) is 1. The van der Waals surface area contributed by atoms with Crippen LogP contribution in [0.5, 0.6) is 0 Å². The predicted octanol–water partition coefficient (Wildman–Crippen LogP) is 2.10. The van der Waals surface area contributed by atoms with Crippen LogP contribution >= 0.6 is 0 Å². The first-order chi connectivity index (χ1) is 7.45. The Balaban J connectivity index is 2.35. The Hall–Kier alpha value is -1.13. The molecule has 1 heterocycles. The molecule has 1 aliphatic rings. The van der Waals surface area contributed by atoms with Crippen LogP contribution in [0.3, 0.4) is 0 Å². The van der Waals surface area contributed by atoms with Crippen molar-refractivity contribution in [1.29, 1.82) is 0 Å². The van der Waals surface area contributed by atoms with Gasteiger partial charge < -0.3 is 10.2 Å². The van der Waals surface area contributed by atoms with E-state index in [1.807, 2.05) is 13.8 Å². The molecule has 5 heteroatoms. The van der Waals surface area contributed by atoms with E-state index < -0.39 is 12.3 Å². The molecule has 1 N–H and O–H groups in total. The number of carbonyl (C=O) groups is 1. The van der Waals surface area contributed by atoms with Crippen molar-refractivity contribution in [1.82, 2.24) is 10.2 Å². The molecule has 0 aromatic carbocycles. The quantitative estimate of drug-likeness (QED) is 0.740. The number of nitrogens with zero attached hydrogens (tertiary/aromatic N) is 1. The number of likely N-dealkylation sites (tertiary alicyclic amines) is 1. The fourth-order valence-electron chi connectivity index (χ4n) is 1.57. The van der Waals surface area contributed by atoms with Crippen LogP contribution < -0.4 is 5.32 Å². The lowest BCUT2D eigenvalue weighted by molar-refractivity contribution is -0.00511. The van der Waals surface area contributed by atoms with E-state index in [9.17, 15) is 13.6 Å². The summed E-state index contributed by atoms with van der Waals surface area (Å²) in [6.45, 7) is 7.84. The number of nitrogens with one attached hydrogen (secondary N) is 1. The second-order valence-corrected chi connectivity index (χ2v) is 4.45. The Bertz CT molecular complexity index is 263. The first-order valence-corrected chi connectivity index (χ1v) is 5.41. The van der Waals surface area contributed by atoms with Gasteiger partial charge in [0.1, 0.15) is 0 Å². The summed E-state index contributed by atoms with van der Waals surface area (Å²) < 4.78 is 24.4. The molecule has 0 aromatic rings. The lowest BCUT2D eigenvalue weighted by Gasteiger charge is -2.39. The standard InChI is InChI=1S/C11H18F2N2O/c1-4-9(7(2)3)14-11(16)15-5-8(6-15)10(12)13/h4,7-10H,1,5-6H2,2-3H3,(H,14,16)/t9-/m1/s1. The molecule has 0 aromatic heterocycles. The zero-order valence-corrected chi connectivity index (χ0v) is 9.62. The number of alkyl halides is 2. The zero-order valence-electron chi connectivity index (χ0n) is 9.62. The molecule has 92 valence electrons. The molecular weight excluding hydrogens is 214 g/mol. The average Bonchev–Trinajstić information content (AvgIpc) is 2.10. The summed E-state index contributed by atoms with van der Waals surface area (Å²) >= 11 is 0. The molecule has 0 radical (unpaired) electrons. The van der Waals surface area contributed by atoms with E-state index in [0.29, 0.717) is 0 Å². The second-order valence-electron chi connectivity index (χ2n) is 4.45. The van der Waals surface area contributed by atoms with Gasteiger partial charge in [-0.2, -0.15) is 0 Å². The van der Waals surface area contributed by atoms with Gasteiger partial charge in [0.05, 0.1) is 12.0 Å². The molecule has 1 saturated heterocycles. The summed E-state index contributed by atoms with van der Waals surface area (Å²) in [7, 11) is 0. The van der Waals surface area contributed by atoms with Gasteiger partial charge in [-0.25, -0.2) is 13.6 Å². The van der Waals surface area contributed by atoms with Crippen molar-refractivity contribution in [2.24, 2.45) is 11.8 Å². The van der Waals surface area contributed by atoms with Crippen LogP contribution in [0, 0.1) is 11.8 Å². The largest absolute Gasteiger partial charge is 0.332 e. The van der Waals surface area contributed by atoms with Gasteiger partial charge in [0.2, 0.25) is 6.43 Å². The summed E-state index contributed by atoms with van der Waals surface area (Å²) in [5, 5.41) is 2.75. The Morgan fingerprint density at radius 3 is 2.44 bits per heavy atom. The maximum Gasteiger partial charge on any atom is 0.317 e. The number of rotatable bonds is 4. The van der Waals surface area contributed by atoms with Crippen molar-refractivity contribution in [3.8, 4) is 0 Å². The van der Waals surface area contributed by atoms with Gasteiger partial charge >= 0.3 is 6.03 Å². The summed E-state index contributed by atoms with van der Waals surface area (Å²) in [6.07, 6.45) is -0.670. The third-order valence-corrected chi connectivity index (χ3v) is 2.82. The Kier molecular flexibility index (Phi) is 4.26. The van der Waals surface area contributed by atoms with E-state index >= 15 is 0 Å². The average molecular weight is 232 g/mol. The van der Waals surface area contributed by atoms with Gasteiger partial charge in [0.25, 0.3) is 0 Å². The van der Waals surface area contributed by atoms with Crippen molar-refractivity contribution in [3.05, 3.63) is 12.7 Å². The lowest BCUT2D eigenvalue weighted by Crippen LogP contribution is -2.57. The first-order valence-electron chi connectivity index (χ1n) is 5.41. The molecule has 1 aliphatic heterocycles. The van der Waals surface area contributed by atoms with Gasteiger partial charge in [-0.05, 0) is 5.92 Å². The minimum absolute atomic E-state index is 0.113. The van der Waals surface area contributed by atoms with E-state index in [2.05, 4.69) is 11.9 Å². The zero-order chi connectivity index (χ0) is 12.3. The van der Waals surface area contributed by atoms with E-state index in [0.717, 1.165) is 0 Å². The third-order valence-electron chi connectivity index (χ3n) is 2.82. The van der Waals surface area contributed by atoms with E-state index in [4.69, 9.17) is 0 Å².